The Hall–Kier alpha value is -3.93. The maximum atomic E-state index is 12.9. The highest BCUT2D eigenvalue weighted by Crippen LogP contribution is 2.29. The predicted molar refractivity (Wildman–Crippen MR) is 122 cm³/mol. The average molecular weight is 413 g/mol. The van der Waals surface area contributed by atoms with Gasteiger partial charge in [0, 0.05) is 41.7 Å². The summed E-state index contributed by atoms with van der Waals surface area (Å²) in [6, 6.07) is 21.6. The number of benzene rings is 3. The third kappa shape index (κ3) is 4.64. The minimum atomic E-state index is -0.221. The van der Waals surface area contributed by atoms with Crippen molar-refractivity contribution in [3.05, 3.63) is 89.5 Å². The van der Waals surface area contributed by atoms with Gasteiger partial charge >= 0.3 is 0 Å². The lowest BCUT2D eigenvalue weighted by molar-refractivity contribution is -0.114. The standard InChI is InChI=1S/C25H23N3O3/c1-17(29)26-21-10-12-22(13-11-21)27-24(30)20-9-14-23-19(16-20)8-5-15-28(23)25(31)18-6-3-2-4-7-18/h2-4,6-7,9-14,16H,5,8,15H2,1H3,(H,26,29)(H,27,30). The first-order valence-corrected chi connectivity index (χ1v) is 10.2. The molecule has 0 aromatic heterocycles. The molecule has 0 saturated carbocycles. The number of carbonyl (C=O) groups excluding carboxylic acids is 3. The molecule has 31 heavy (non-hydrogen) atoms. The Morgan fingerprint density at radius 1 is 0.806 bits per heavy atom. The van der Waals surface area contributed by atoms with Gasteiger partial charge in [-0.2, -0.15) is 0 Å². The zero-order valence-electron chi connectivity index (χ0n) is 17.2. The molecule has 1 aliphatic rings. The molecular weight excluding hydrogens is 390 g/mol. The van der Waals surface area contributed by atoms with Crippen LogP contribution in [0.15, 0.2) is 72.8 Å². The smallest absolute Gasteiger partial charge is 0.258 e. The largest absolute Gasteiger partial charge is 0.326 e. The summed E-state index contributed by atoms with van der Waals surface area (Å²) in [7, 11) is 0. The first kappa shape index (κ1) is 20.3. The Labute approximate surface area is 180 Å². The first-order chi connectivity index (χ1) is 15.0. The minimum Gasteiger partial charge on any atom is -0.326 e. The fraction of sp³-hybridized carbons (Fsp3) is 0.160. The van der Waals surface area contributed by atoms with Crippen molar-refractivity contribution in [3.8, 4) is 0 Å². The highest BCUT2D eigenvalue weighted by Gasteiger charge is 2.24. The molecule has 6 nitrogen and oxygen atoms in total. The molecule has 0 bridgehead atoms. The molecule has 156 valence electrons. The van der Waals surface area contributed by atoms with E-state index in [0.717, 1.165) is 24.1 Å². The summed E-state index contributed by atoms with van der Waals surface area (Å²) in [4.78, 5) is 38.6. The summed E-state index contributed by atoms with van der Waals surface area (Å²) in [5.74, 6) is -0.398. The van der Waals surface area contributed by atoms with Gasteiger partial charge in [0.15, 0.2) is 0 Å². The molecule has 0 fully saturated rings. The first-order valence-electron chi connectivity index (χ1n) is 10.2. The van der Waals surface area contributed by atoms with Gasteiger partial charge in [0.2, 0.25) is 5.91 Å². The Morgan fingerprint density at radius 3 is 2.16 bits per heavy atom. The predicted octanol–water partition coefficient (Wildman–Crippen LogP) is 4.49. The van der Waals surface area contributed by atoms with E-state index in [1.807, 2.05) is 42.5 Å². The molecule has 0 unspecified atom stereocenters. The lowest BCUT2D eigenvalue weighted by Gasteiger charge is -2.30. The number of nitrogens with one attached hydrogen (secondary N) is 2. The van der Waals surface area contributed by atoms with E-state index in [4.69, 9.17) is 0 Å². The monoisotopic (exact) mass is 413 g/mol. The molecule has 1 aliphatic heterocycles. The molecule has 2 N–H and O–H groups in total. The van der Waals surface area contributed by atoms with Gasteiger partial charge in [0.25, 0.3) is 11.8 Å². The van der Waals surface area contributed by atoms with E-state index in [0.29, 0.717) is 29.0 Å². The summed E-state index contributed by atoms with van der Waals surface area (Å²) in [6.07, 6.45) is 1.67. The molecule has 0 spiro atoms. The average Bonchev–Trinajstić information content (AvgIpc) is 2.79. The van der Waals surface area contributed by atoms with Crippen LogP contribution < -0.4 is 15.5 Å². The third-order valence-electron chi connectivity index (χ3n) is 5.19. The highest BCUT2D eigenvalue weighted by molar-refractivity contribution is 6.08. The van der Waals surface area contributed by atoms with Crippen molar-refractivity contribution in [1.82, 2.24) is 0 Å². The van der Waals surface area contributed by atoms with Crippen molar-refractivity contribution >= 4 is 34.8 Å². The van der Waals surface area contributed by atoms with Gasteiger partial charge in [0.05, 0.1) is 0 Å². The molecular formula is C25H23N3O3. The number of rotatable bonds is 4. The Balaban J connectivity index is 1.50. The second-order valence-electron chi connectivity index (χ2n) is 7.48. The zero-order chi connectivity index (χ0) is 21.8. The van der Waals surface area contributed by atoms with Gasteiger partial charge < -0.3 is 15.5 Å². The molecule has 3 aromatic rings. The number of hydrogen-bond acceptors (Lipinski definition) is 3. The van der Waals surface area contributed by atoms with Crippen LogP contribution in [-0.2, 0) is 11.2 Å². The van der Waals surface area contributed by atoms with Crippen LogP contribution in [0.5, 0.6) is 0 Å². The molecule has 3 aromatic carbocycles. The van der Waals surface area contributed by atoms with E-state index in [-0.39, 0.29) is 17.7 Å². The topological polar surface area (TPSA) is 78.5 Å². The van der Waals surface area contributed by atoms with E-state index < -0.39 is 0 Å². The number of hydrogen-bond donors (Lipinski definition) is 2. The van der Waals surface area contributed by atoms with E-state index in [1.165, 1.54) is 6.92 Å². The Bertz CT molecular complexity index is 1120. The summed E-state index contributed by atoms with van der Waals surface area (Å²) in [6.45, 7) is 2.10. The van der Waals surface area contributed by atoms with E-state index in [2.05, 4.69) is 10.6 Å². The van der Waals surface area contributed by atoms with Crippen molar-refractivity contribution in [2.24, 2.45) is 0 Å². The number of aryl methyl sites for hydroxylation is 1. The van der Waals surface area contributed by atoms with Crippen LogP contribution in [0.3, 0.4) is 0 Å². The lowest BCUT2D eigenvalue weighted by Crippen LogP contribution is -2.35. The molecule has 1 heterocycles. The van der Waals surface area contributed by atoms with Crippen molar-refractivity contribution in [2.75, 3.05) is 22.1 Å². The van der Waals surface area contributed by atoms with Crippen LogP contribution in [0, 0.1) is 0 Å². The minimum absolute atomic E-state index is 0.0296. The SMILES string of the molecule is CC(=O)Nc1ccc(NC(=O)c2ccc3c(c2)CCCN3C(=O)c2ccccc2)cc1. The van der Waals surface area contributed by atoms with E-state index >= 15 is 0 Å². The van der Waals surface area contributed by atoms with Gasteiger partial charge in [-0.15, -0.1) is 0 Å². The van der Waals surface area contributed by atoms with Crippen LogP contribution in [0.2, 0.25) is 0 Å². The molecule has 0 radical (unpaired) electrons. The summed E-state index contributed by atoms with van der Waals surface area (Å²) >= 11 is 0. The second kappa shape index (κ2) is 8.83. The molecule has 0 atom stereocenters. The van der Waals surface area contributed by atoms with Crippen molar-refractivity contribution in [1.29, 1.82) is 0 Å². The number of anilines is 3. The lowest BCUT2D eigenvalue weighted by atomic mass is 9.98. The number of fused-ring (bicyclic) bond motifs is 1. The quantitative estimate of drug-likeness (QED) is 0.661. The van der Waals surface area contributed by atoms with E-state index in [9.17, 15) is 14.4 Å². The van der Waals surface area contributed by atoms with Crippen LogP contribution in [0.4, 0.5) is 17.1 Å². The van der Waals surface area contributed by atoms with Crippen molar-refractivity contribution in [2.45, 2.75) is 19.8 Å². The van der Waals surface area contributed by atoms with Crippen molar-refractivity contribution in [3.63, 3.8) is 0 Å². The summed E-state index contributed by atoms with van der Waals surface area (Å²) in [5, 5.41) is 5.57. The summed E-state index contributed by atoms with van der Waals surface area (Å²) in [5.41, 5.74) is 4.35. The van der Waals surface area contributed by atoms with Crippen molar-refractivity contribution < 1.29 is 14.4 Å². The van der Waals surface area contributed by atoms with Crippen LogP contribution in [0.25, 0.3) is 0 Å². The Kier molecular flexibility index (Phi) is 5.80. The second-order valence-corrected chi connectivity index (χ2v) is 7.48. The van der Waals surface area contributed by atoms with Gasteiger partial charge in [-0.1, -0.05) is 18.2 Å². The van der Waals surface area contributed by atoms with E-state index in [1.54, 1.807) is 35.2 Å². The van der Waals surface area contributed by atoms with Gasteiger partial charge in [-0.3, -0.25) is 14.4 Å². The number of nitrogens with zero attached hydrogens (tertiary/aromatic N) is 1. The molecule has 0 aliphatic carbocycles. The number of amides is 3. The fourth-order valence-corrected chi connectivity index (χ4v) is 3.73. The highest BCUT2D eigenvalue weighted by atomic mass is 16.2. The Morgan fingerprint density at radius 2 is 1.48 bits per heavy atom. The normalized spacial score (nSPS) is 12.6. The molecule has 3 amide bonds. The molecule has 6 heteroatoms. The zero-order valence-corrected chi connectivity index (χ0v) is 17.2. The third-order valence-corrected chi connectivity index (χ3v) is 5.19. The van der Waals surface area contributed by atoms with Gasteiger partial charge in [0.1, 0.15) is 0 Å². The van der Waals surface area contributed by atoms with Gasteiger partial charge in [-0.25, -0.2) is 0 Å². The van der Waals surface area contributed by atoms with Crippen LogP contribution in [-0.4, -0.2) is 24.3 Å². The maximum Gasteiger partial charge on any atom is 0.258 e. The molecule has 4 rings (SSSR count). The van der Waals surface area contributed by atoms with Gasteiger partial charge in [-0.05, 0) is 73.0 Å². The number of carbonyl (C=O) groups is 3. The fourth-order valence-electron chi connectivity index (χ4n) is 3.73. The van der Waals surface area contributed by atoms with Crippen LogP contribution >= 0.6 is 0 Å². The van der Waals surface area contributed by atoms with Crippen LogP contribution in [0.1, 0.15) is 39.6 Å². The molecule has 0 saturated heterocycles. The summed E-state index contributed by atoms with van der Waals surface area (Å²) < 4.78 is 0. The maximum absolute atomic E-state index is 12.9.